The van der Waals surface area contributed by atoms with Gasteiger partial charge in [0.2, 0.25) is 0 Å². The minimum atomic E-state index is -0.550. The monoisotopic (exact) mass is 410 g/mol. The van der Waals surface area contributed by atoms with E-state index in [-0.39, 0.29) is 22.9 Å². The summed E-state index contributed by atoms with van der Waals surface area (Å²) in [6.45, 7) is 3.14. The van der Waals surface area contributed by atoms with Crippen LogP contribution in [0.1, 0.15) is 36.5 Å². The van der Waals surface area contributed by atoms with E-state index in [1.807, 2.05) is 6.92 Å². The van der Waals surface area contributed by atoms with Crippen molar-refractivity contribution >= 4 is 27.5 Å². The number of hydrogen-bond acceptors (Lipinski definition) is 5. The van der Waals surface area contributed by atoms with E-state index < -0.39 is 10.5 Å². The lowest BCUT2D eigenvalue weighted by Crippen LogP contribution is -2.28. The molecule has 0 bridgehead atoms. The zero-order valence-electron chi connectivity index (χ0n) is 14.1. The van der Waals surface area contributed by atoms with E-state index >= 15 is 0 Å². The van der Waals surface area contributed by atoms with Crippen LogP contribution in [0.4, 0.5) is 5.69 Å². The van der Waals surface area contributed by atoms with E-state index in [9.17, 15) is 14.9 Å². The number of nitro benzene ring substituents is 1. The molecule has 1 aromatic rings. The number of halogens is 1. The second kappa shape index (κ2) is 6.67. The van der Waals surface area contributed by atoms with Crippen LogP contribution in [0.2, 0.25) is 0 Å². The zero-order chi connectivity index (χ0) is 18.2. The third-order valence-electron chi connectivity index (χ3n) is 4.65. The van der Waals surface area contributed by atoms with Gasteiger partial charge >= 0.3 is 0 Å². The van der Waals surface area contributed by atoms with Crippen molar-refractivity contribution in [3.63, 3.8) is 0 Å². The standard InChI is InChI=1S/C17H19BrN2O5/c1-17(9-11(17)10-18)25-15-8-13(20(22)23)12(7-14(15)24-2)16(21)19-5-3-4-6-19/h7-8,10H,3-6,9H2,1-2H3/b11-10+. The number of hydrogen-bond donors (Lipinski definition) is 0. The number of carbonyl (C=O) groups excluding carboxylic acids is 1. The Morgan fingerprint density at radius 1 is 1.36 bits per heavy atom. The molecule has 1 atom stereocenters. The fourth-order valence-corrected chi connectivity index (χ4v) is 3.67. The molecule has 0 radical (unpaired) electrons. The van der Waals surface area contributed by atoms with E-state index in [4.69, 9.17) is 9.47 Å². The fourth-order valence-electron chi connectivity index (χ4n) is 3.02. The van der Waals surface area contributed by atoms with Crippen molar-refractivity contribution in [1.29, 1.82) is 0 Å². The molecule has 3 rings (SSSR count). The molecule has 1 heterocycles. The largest absolute Gasteiger partial charge is 0.493 e. The summed E-state index contributed by atoms with van der Waals surface area (Å²) < 4.78 is 11.3. The van der Waals surface area contributed by atoms with Crippen LogP contribution in [0, 0.1) is 10.1 Å². The molecular formula is C17H19BrN2O5. The SMILES string of the molecule is COc1cc(C(=O)N2CCCC2)c([N+](=O)[O-])cc1OC1(C)C/C1=C\Br. The average Bonchev–Trinajstić information content (AvgIpc) is 3.00. The molecule has 1 aromatic carbocycles. The Morgan fingerprint density at radius 3 is 2.56 bits per heavy atom. The van der Waals surface area contributed by atoms with Crippen LogP contribution in [0.15, 0.2) is 22.7 Å². The predicted octanol–water partition coefficient (Wildman–Crippen LogP) is 3.66. The van der Waals surface area contributed by atoms with E-state index in [1.54, 1.807) is 9.89 Å². The van der Waals surface area contributed by atoms with Crippen LogP contribution in [0.25, 0.3) is 0 Å². The number of methoxy groups -OCH3 is 1. The van der Waals surface area contributed by atoms with Crippen LogP contribution in [0.5, 0.6) is 11.5 Å². The van der Waals surface area contributed by atoms with Crippen LogP contribution in [0.3, 0.4) is 0 Å². The summed E-state index contributed by atoms with van der Waals surface area (Å²) in [5, 5.41) is 11.5. The Kier molecular flexibility index (Phi) is 4.73. The summed E-state index contributed by atoms with van der Waals surface area (Å²) in [7, 11) is 1.45. The Morgan fingerprint density at radius 2 is 2.04 bits per heavy atom. The van der Waals surface area contributed by atoms with Gasteiger partial charge in [0.1, 0.15) is 11.2 Å². The van der Waals surface area contributed by atoms with Gasteiger partial charge in [-0.05, 0) is 30.3 Å². The van der Waals surface area contributed by atoms with E-state index in [1.165, 1.54) is 19.2 Å². The molecule has 1 aliphatic carbocycles. The number of carbonyl (C=O) groups is 1. The quantitative estimate of drug-likeness (QED) is 0.546. The summed E-state index contributed by atoms with van der Waals surface area (Å²) in [6.07, 6.45) is 2.55. The molecule has 1 saturated carbocycles. The van der Waals surface area contributed by atoms with E-state index in [0.717, 1.165) is 24.8 Å². The van der Waals surface area contributed by atoms with Crippen molar-refractivity contribution < 1.29 is 19.2 Å². The lowest BCUT2D eigenvalue weighted by molar-refractivity contribution is -0.385. The van der Waals surface area contributed by atoms with Gasteiger partial charge in [-0.25, -0.2) is 0 Å². The van der Waals surface area contributed by atoms with Crippen molar-refractivity contribution in [3.05, 3.63) is 38.4 Å². The fraction of sp³-hybridized carbons (Fsp3) is 0.471. The molecule has 0 aromatic heterocycles. The average molecular weight is 411 g/mol. The first-order chi connectivity index (χ1) is 11.9. The number of ether oxygens (including phenoxy) is 2. The third-order valence-corrected chi connectivity index (χ3v) is 5.20. The number of nitrogens with zero attached hydrogens (tertiary/aromatic N) is 2. The predicted molar refractivity (Wildman–Crippen MR) is 95.4 cm³/mol. The van der Waals surface area contributed by atoms with Gasteiger partial charge in [0.05, 0.1) is 18.1 Å². The highest BCUT2D eigenvalue weighted by molar-refractivity contribution is 9.11. The molecule has 0 N–H and O–H groups in total. The van der Waals surface area contributed by atoms with Crippen molar-refractivity contribution in [2.24, 2.45) is 0 Å². The van der Waals surface area contributed by atoms with Gasteiger partial charge in [0.15, 0.2) is 11.5 Å². The smallest absolute Gasteiger partial charge is 0.286 e. The highest BCUT2D eigenvalue weighted by atomic mass is 79.9. The molecule has 1 aliphatic heterocycles. The number of amides is 1. The third kappa shape index (κ3) is 3.35. The molecule has 2 fully saturated rings. The molecule has 25 heavy (non-hydrogen) atoms. The van der Waals surface area contributed by atoms with Crippen molar-refractivity contribution in [3.8, 4) is 11.5 Å². The number of nitro groups is 1. The van der Waals surface area contributed by atoms with Crippen LogP contribution >= 0.6 is 15.9 Å². The number of benzene rings is 1. The lowest BCUT2D eigenvalue weighted by atomic mass is 10.1. The van der Waals surface area contributed by atoms with Gasteiger partial charge < -0.3 is 14.4 Å². The maximum atomic E-state index is 12.7. The minimum absolute atomic E-state index is 0.0355. The molecule has 1 unspecified atom stereocenters. The van der Waals surface area contributed by atoms with Crippen molar-refractivity contribution in [1.82, 2.24) is 4.90 Å². The van der Waals surface area contributed by atoms with Gasteiger partial charge in [-0.2, -0.15) is 0 Å². The molecule has 8 heteroatoms. The molecule has 7 nitrogen and oxygen atoms in total. The first-order valence-corrected chi connectivity index (χ1v) is 8.95. The van der Waals surface area contributed by atoms with E-state index in [2.05, 4.69) is 15.9 Å². The van der Waals surface area contributed by atoms with E-state index in [0.29, 0.717) is 18.8 Å². The van der Waals surface area contributed by atoms with Crippen LogP contribution in [-0.2, 0) is 0 Å². The van der Waals surface area contributed by atoms with Gasteiger partial charge in [0.25, 0.3) is 11.6 Å². The normalized spacial score (nSPS) is 23.6. The Labute approximate surface area is 153 Å². The van der Waals surface area contributed by atoms with Crippen molar-refractivity contribution in [2.45, 2.75) is 31.8 Å². The number of likely N-dealkylation sites (tertiary alicyclic amines) is 1. The Balaban J connectivity index is 1.99. The first kappa shape index (κ1) is 17.7. The summed E-state index contributed by atoms with van der Waals surface area (Å²) in [5.41, 5.74) is 0.314. The highest BCUT2D eigenvalue weighted by Crippen LogP contribution is 2.49. The molecule has 1 saturated heterocycles. The maximum Gasteiger partial charge on any atom is 0.286 e. The molecule has 1 amide bonds. The van der Waals surface area contributed by atoms with Gasteiger partial charge in [-0.3, -0.25) is 14.9 Å². The van der Waals surface area contributed by atoms with Gasteiger partial charge in [-0.15, -0.1) is 0 Å². The zero-order valence-corrected chi connectivity index (χ0v) is 15.7. The molecule has 0 spiro atoms. The minimum Gasteiger partial charge on any atom is -0.493 e. The lowest BCUT2D eigenvalue weighted by Gasteiger charge is -2.19. The molecule has 2 aliphatic rings. The second-order valence-corrected chi connectivity index (χ2v) is 6.88. The first-order valence-electron chi connectivity index (χ1n) is 8.04. The van der Waals surface area contributed by atoms with Crippen LogP contribution in [-0.4, -0.2) is 41.5 Å². The van der Waals surface area contributed by atoms with Crippen molar-refractivity contribution in [2.75, 3.05) is 20.2 Å². The summed E-state index contributed by atoms with van der Waals surface area (Å²) in [5.74, 6) is 0.238. The summed E-state index contributed by atoms with van der Waals surface area (Å²) in [4.78, 5) is 27.0. The van der Waals surface area contributed by atoms with Gasteiger partial charge in [0, 0.05) is 25.6 Å². The Hall–Kier alpha value is -2.09. The molecule has 134 valence electrons. The van der Waals surface area contributed by atoms with Gasteiger partial charge in [-0.1, -0.05) is 15.9 Å². The topological polar surface area (TPSA) is 81.9 Å². The number of rotatable bonds is 5. The molecular weight excluding hydrogens is 392 g/mol. The Bertz CT molecular complexity index is 758. The second-order valence-electron chi connectivity index (χ2n) is 6.42. The van der Waals surface area contributed by atoms with Crippen LogP contribution < -0.4 is 9.47 Å². The summed E-state index contributed by atoms with van der Waals surface area (Å²) >= 11 is 3.28. The maximum absolute atomic E-state index is 12.7. The highest BCUT2D eigenvalue weighted by Gasteiger charge is 2.47. The summed E-state index contributed by atoms with van der Waals surface area (Å²) in [6, 6.07) is 2.70.